The number of phenolic OH excluding ortho intramolecular Hbond substituents is 3. The average Bonchev–Trinajstić information content (AvgIpc) is 2.73. The van der Waals surface area contributed by atoms with E-state index in [1.165, 1.54) is 20.8 Å². The van der Waals surface area contributed by atoms with Gasteiger partial charge in [-0.05, 0) is 61.8 Å². The van der Waals surface area contributed by atoms with Crippen LogP contribution in [-0.4, -0.2) is 38.1 Å². The minimum Gasteiger partial charge on any atom is -0.507 e. The van der Waals surface area contributed by atoms with Crippen LogP contribution < -0.4 is 14.2 Å². The summed E-state index contributed by atoms with van der Waals surface area (Å²) in [6, 6.07) is 0. The molecule has 3 N–H and O–H groups in total. The van der Waals surface area contributed by atoms with E-state index in [0.717, 1.165) is 0 Å². The molecule has 0 aromatic heterocycles. The molecule has 2 aromatic rings. The van der Waals surface area contributed by atoms with E-state index in [-0.39, 0.29) is 57.3 Å². The molecule has 0 saturated heterocycles. The summed E-state index contributed by atoms with van der Waals surface area (Å²) in [5.74, 6) is -1.18. The Labute approximate surface area is 209 Å². The van der Waals surface area contributed by atoms with Gasteiger partial charge in [0.25, 0.3) is 0 Å². The van der Waals surface area contributed by atoms with Gasteiger partial charge in [0.05, 0.1) is 5.56 Å². The Hall–Kier alpha value is -3.42. The first-order valence-corrected chi connectivity index (χ1v) is 12.1. The van der Waals surface area contributed by atoms with Crippen LogP contribution in [0.25, 0.3) is 0 Å². The lowest BCUT2D eigenvalue weighted by Crippen LogP contribution is -2.53. The maximum atomic E-state index is 12.6. The highest BCUT2D eigenvalue weighted by Gasteiger charge is 2.58. The molecule has 3 aliphatic heterocycles. The van der Waals surface area contributed by atoms with E-state index in [1.807, 2.05) is 27.7 Å². The summed E-state index contributed by atoms with van der Waals surface area (Å²) in [5, 5.41) is 33.0. The number of Topliss-reactive ketones (excluding diaryl/α,β-unsaturated/α-hetero) is 2. The van der Waals surface area contributed by atoms with E-state index in [0.29, 0.717) is 34.6 Å². The quantitative estimate of drug-likeness (QED) is 0.473. The van der Waals surface area contributed by atoms with E-state index >= 15 is 0 Å². The Balaban J connectivity index is 1.88. The number of hydrogen-bond acceptors (Lipinski definition) is 8. The van der Waals surface area contributed by atoms with Crippen LogP contribution in [0.15, 0.2) is 0 Å². The predicted molar refractivity (Wildman–Crippen MR) is 131 cm³/mol. The largest absolute Gasteiger partial charge is 0.507 e. The summed E-state index contributed by atoms with van der Waals surface area (Å²) in [7, 11) is 0. The summed E-state index contributed by atoms with van der Waals surface area (Å²) in [5.41, 5.74) is 0.128. The number of ether oxygens (including phenoxy) is 3. The van der Waals surface area contributed by atoms with Crippen molar-refractivity contribution in [3.8, 4) is 34.5 Å². The molecule has 0 saturated carbocycles. The summed E-state index contributed by atoms with van der Waals surface area (Å²) in [4.78, 5) is 25.2. The standard InChI is InChI=1S/C28H32O8/c1-10-20(31)15(12(3)29)25-18(21(10)32)26-19(28(7,8)36-25)14-9-27(5,6)35-24-16(13(4)30)22(33)11(2)23(34-26)17(14)24/h14,19,26,31-33H,9H2,1-8H3/t14-,19+,26+/m0/s1. The minimum atomic E-state index is -0.898. The van der Waals surface area contributed by atoms with Crippen molar-refractivity contribution in [1.82, 2.24) is 0 Å². The second kappa shape index (κ2) is 7.31. The number of benzene rings is 2. The van der Waals surface area contributed by atoms with Gasteiger partial charge in [-0.3, -0.25) is 9.59 Å². The normalized spacial score (nSPS) is 24.3. The fourth-order valence-electron chi connectivity index (χ4n) is 6.40. The molecule has 3 aliphatic rings. The van der Waals surface area contributed by atoms with Crippen molar-refractivity contribution in [2.45, 2.75) is 85.0 Å². The third kappa shape index (κ3) is 3.06. The third-order valence-corrected chi connectivity index (χ3v) is 7.94. The number of carbonyl (C=O) groups excluding carboxylic acids is 2. The number of ketones is 2. The molecule has 2 aromatic carbocycles. The average molecular weight is 497 g/mol. The molecule has 0 fully saturated rings. The molecule has 36 heavy (non-hydrogen) atoms. The van der Waals surface area contributed by atoms with E-state index in [9.17, 15) is 24.9 Å². The highest BCUT2D eigenvalue weighted by Crippen LogP contribution is 2.65. The van der Waals surface area contributed by atoms with Gasteiger partial charge < -0.3 is 29.5 Å². The number of fused-ring (bicyclic) bond motifs is 4. The Kier molecular flexibility index (Phi) is 4.93. The second-order valence-corrected chi connectivity index (χ2v) is 11.4. The van der Waals surface area contributed by atoms with Crippen LogP contribution in [0.4, 0.5) is 0 Å². The van der Waals surface area contributed by atoms with Gasteiger partial charge in [0.1, 0.15) is 62.9 Å². The van der Waals surface area contributed by atoms with Gasteiger partial charge in [-0.25, -0.2) is 0 Å². The monoisotopic (exact) mass is 496 g/mol. The summed E-state index contributed by atoms with van der Waals surface area (Å²) >= 11 is 0. The minimum absolute atomic E-state index is 0.000662. The lowest BCUT2D eigenvalue weighted by molar-refractivity contribution is -0.0861. The molecule has 3 atom stereocenters. The molecular weight excluding hydrogens is 464 g/mol. The van der Waals surface area contributed by atoms with Crippen LogP contribution in [0, 0.1) is 19.8 Å². The second-order valence-electron chi connectivity index (χ2n) is 11.4. The van der Waals surface area contributed by atoms with Gasteiger partial charge in [0.15, 0.2) is 11.6 Å². The van der Waals surface area contributed by atoms with Crippen LogP contribution in [0.5, 0.6) is 34.5 Å². The Bertz CT molecular complexity index is 1370. The van der Waals surface area contributed by atoms with E-state index in [1.54, 1.807) is 6.92 Å². The van der Waals surface area contributed by atoms with Crippen LogP contribution in [0.1, 0.15) is 103 Å². The zero-order valence-electron chi connectivity index (χ0n) is 21.8. The zero-order chi connectivity index (χ0) is 26.6. The number of rotatable bonds is 2. The lowest BCUT2D eigenvalue weighted by atomic mass is 9.63. The molecule has 0 bridgehead atoms. The molecular formula is C28H32O8. The molecule has 192 valence electrons. The molecule has 0 amide bonds. The first-order valence-electron chi connectivity index (χ1n) is 12.1. The van der Waals surface area contributed by atoms with Crippen LogP contribution in [-0.2, 0) is 0 Å². The fourth-order valence-corrected chi connectivity index (χ4v) is 6.40. The maximum Gasteiger partial charge on any atom is 0.167 e. The smallest absolute Gasteiger partial charge is 0.167 e. The molecule has 0 aliphatic carbocycles. The summed E-state index contributed by atoms with van der Waals surface area (Å²) < 4.78 is 19.3. The number of hydrogen-bond donors (Lipinski definition) is 3. The van der Waals surface area contributed by atoms with E-state index < -0.39 is 23.1 Å². The highest BCUT2D eigenvalue weighted by molar-refractivity contribution is 6.02. The number of carbonyl (C=O) groups is 2. The van der Waals surface area contributed by atoms with E-state index in [2.05, 4.69) is 0 Å². The first-order chi connectivity index (χ1) is 16.6. The predicted octanol–water partition coefficient (Wildman–Crippen LogP) is 5.39. The fraction of sp³-hybridized carbons (Fsp3) is 0.500. The first kappa shape index (κ1) is 24.3. The van der Waals surface area contributed by atoms with Gasteiger partial charge in [-0.2, -0.15) is 0 Å². The van der Waals surface area contributed by atoms with Crippen LogP contribution in [0.3, 0.4) is 0 Å². The highest BCUT2D eigenvalue weighted by atomic mass is 16.5. The van der Waals surface area contributed by atoms with Crippen molar-refractivity contribution in [3.63, 3.8) is 0 Å². The van der Waals surface area contributed by atoms with Crippen molar-refractivity contribution >= 4 is 11.6 Å². The lowest BCUT2D eigenvalue weighted by Gasteiger charge is -2.54. The summed E-state index contributed by atoms with van der Waals surface area (Å²) in [6.45, 7) is 13.6. The van der Waals surface area contributed by atoms with Crippen molar-refractivity contribution in [2.75, 3.05) is 0 Å². The van der Waals surface area contributed by atoms with Gasteiger partial charge in [0.2, 0.25) is 0 Å². The Morgan fingerprint density at radius 3 is 1.86 bits per heavy atom. The van der Waals surface area contributed by atoms with Gasteiger partial charge in [0, 0.05) is 28.5 Å². The van der Waals surface area contributed by atoms with Gasteiger partial charge in [-0.1, -0.05) is 0 Å². The van der Waals surface area contributed by atoms with Crippen molar-refractivity contribution in [3.05, 3.63) is 33.4 Å². The van der Waals surface area contributed by atoms with E-state index in [4.69, 9.17) is 14.2 Å². The van der Waals surface area contributed by atoms with Crippen molar-refractivity contribution < 1.29 is 39.1 Å². The topological polar surface area (TPSA) is 123 Å². The van der Waals surface area contributed by atoms with Gasteiger partial charge >= 0.3 is 0 Å². The number of aromatic hydroxyl groups is 3. The molecule has 0 unspecified atom stereocenters. The van der Waals surface area contributed by atoms with Crippen LogP contribution in [0.2, 0.25) is 0 Å². The molecule has 8 nitrogen and oxygen atoms in total. The molecule has 3 heterocycles. The third-order valence-electron chi connectivity index (χ3n) is 7.94. The van der Waals surface area contributed by atoms with Crippen molar-refractivity contribution in [2.24, 2.45) is 5.92 Å². The maximum absolute atomic E-state index is 12.6. The van der Waals surface area contributed by atoms with Crippen LogP contribution >= 0.6 is 0 Å². The Morgan fingerprint density at radius 2 is 1.31 bits per heavy atom. The van der Waals surface area contributed by atoms with Gasteiger partial charge in [-0.15, -0.1) is 0 Å². The zero-order valence-corrected chi connectivity index (χ0v) is 21.8. The molecule has 0 radical (unpaired) electrons. The summed E-state index contributed by atoms with van der Waals surface area (Å²) in [6.07, 6.45) is -0.180. The Morgan fingerprint density at radius 1 is 0.778 bits per heavy atom. The van der Waals surface area contributed by atoms with Crippen molar-refractivity contribution in [1.29, 1.82) is 0 Å². The molecule has 0 spiro atoms. The molecule has 8 heteroatoms. The number of phenols is 3. The molecule has 5 rings (SSSR count). The SMILES string of the molecule is CC(=O)c1c(O)c(C)c(O)c2c1OC(C)(C)[C@H]1[C@@H]2Oc2c(C)c(O)c(C(C)=O)c3c2[C@@H]1CC(C)(C)O3.